The van der Waals surface area contributed by atoms with Crippen LogP contribution in [0.3, 0.4) is 0 Å². The number of fused-ring (bicyclic) bond motifs is 1. The van der Waals surface area contributed by atoms with Crippen LogP contribution >= 0.6 is 0 Å². The highest BCUT2D eigenvalue weighted by Gasteiger charge is 2.30. The van der Waals surface area contributed by atoms with Gasteiger partial charge in [0, 0.05) is 31.4 Å². The Hall–Kier alpha value is -2.81. The van der Waals surface area contributed by atoms with Crippen LogP contribution in [-0.4, -0.2) is 51.1 Å². The van der Waals surface area contributed by atoms with E-state index in [9.17, 15) is 14.7 Å². The molecule has 2 aromatic heterocycles. The number of hydrogen-bond acceptors (Lipinski definition) is 6. The van der Waals surface area contributed by atoms with Crippen LogP contribution in [0.1, 0.15) is 48.5 Å². The quantitative estimate of drug-likeness (QED) is 0.680. The Morgan fingerprint density at radius 3 is 2.83 bits per heavy atom. The Morgan fingerprint density at radius 1 is 1.38 bits per heavy atom. The number of rotatable bonds is 7. The molecule has 1 aliphatic carbocycles. The fraction of sp³-hybridized carbons (Fsp3) is 0.550. The van der Waals surface area contributed by atoms with E-state index in [-0.39, 0.29) is 17.5 Å². The number of aromatic hydroxyl groups is 1. The molecule has 9 heteroatoms. The highest BCUT2D eigenvalue weighted by atomic mass is 16.5. The molecule has 9 nitrogen and oxygen atoms in total. The second-order valence-corrected chi connectivity index (χ2v) is 7.51. The first-order chi connectivity index (χ1) is 14.1. The minimum Gasteiger partial charge on any atom is -0.501 e. The van der Waals surface area contributed by atoms with Gasteiger partial charge >= 0.3 is 0 Å². The monoisotopic (exact) mass is 402 g/mol. The summed E-state index contributed by atoms with van der Waals surface area (Å²) in [6, 6.07) is 0.0725. The van der Waals surface area contributed by atoms with Gasteiger partial charge in [-0.3, -0.25) is 14.2 Å². The second-order valence-electron chi connectivity index (χ2n) is 7.51. The van der Waals surface area contributed by atoms with Gasteiger partial charge in [0.1, 0.15) is 5.65 Å². The summed E-state index contributed by atoms with van der Waals surface area (Å²) in [5.41, 5.74) is 0.302. The van der Waals surface area contributed by atoms with Gasteiger partial charge in [0.15, 0.2) is 5.56 Å². The standard InChI is InChI=1S/C20H26N4O5/c1-2-28-10-7-14-11-21-24-18(14)23(12-13-5-8-29-9-6-13)19(26)16(20(24)27)17(25)22-15-3-4-15/h7,10-11,13,15,27H,2-6,8-9,12H2,1H3,(H,22,25)/b10-7+. The summed E-state index contributed by atoms with van der Waals surface area (Å²) in [7, 11) is 0. The smallest absolute Gasteiger partial charge is 0.270 e. The minimum atomic E-state index is -0.556. The molecule has 2 aromatic rings. The molecule has 3 heterocycles. The van der Waals surface area contributed by atoms with Gasteiger partial charge in [-0.25, -0.2) is 0 Å². The zero-order chi connectivity index (χ0) is 20.4. The molecule has 0 radical (unpaired) electrons. The van der Waals surface area contributed by atoms with Crippen LogP contribution in [0.4, 0.5) is 0 Å². The molecule has 1 amide bonds. The summed E-state index contributed by atoms with van der Waals surface area (Å²) in [5, 5.41) is 17.7. The number of ether oxygens (including phenoxy) is 2. The largest absolute Gasteiger partial charge is 0.501 e. The van der Waals surface area contributed by atoms with E-state index in [1.54, 1.807) is 16.8 Å². The number of nitrogens with zero attached hydrogens (tertiary/aromatic N) is 3. The van der Waals surface area contributed by atoms with E-state index >= 15 is 0 Å². The number of carbonyl (C=O) groups is 1. The summed E-state index contributed by atoms with van der Waals surface area (Å²) < 4.78 is 13.5. The molecule has 29 heavy (non-hydrogen) atoms. The molecular weight excluding hydrogens is 376 g/mol. The molecule has 0 aromatic carbocycles. The Balaban J connectivity index is 1.82. The van der Waals surface area contributed by atoms with Crippen molar-refractivity contribution in [2.45, 2.75) is 45.2 Å². The molecule has 0 unspecified atom stereocenters. The van der Waals surface area contributed by atoms with Crippen LogP contribution in [0, 0.1) is 5.92 Å². The van der Waals surface area contributed by atoms with Gasteiger partial charge in [-0.2, -0.15) is 9.61 Å². The SMILES string of the molecule is CCO/C=C/c1cnn2c(O)c(C(=O)NC3CC3)c(=O)n(CC3CCOCC3)c12. The topological polar surface area (TPSA) is 107 Å². The maximum absolute atomic E-state index is 13.3. The Morgan fingerprint density at radius 2 is 2.14 bits per heavy atom. The summed E-state index contributed by atoms with van der Waals surface area (Å²) >= 11 is 0. The second kappa shape index (κ2) is 8.28. The molecule has 4 rings (SSSR count). The van der Waals surface area contributed by atoms with Gasteiger partial charge < -0.3 is 19.9 Å². The summed E-state index contributed by atoms with van der Waals surface area (Å²) in [6.45, 7) is 4.12. The van der Waals surface area contributed by atoms with Gasteiger partial charge in [-0.1, -0.05) is 0 Å². The molecule has 0 spiro atoms. The predicted octanol–water partition coefficient (Wildman–Crippen LogP) is 1.53. The highest BCUT2D eigenvalue weighted by molar-refractivity contribution is 5.96. The van der Waals surface area contributed by atoms with Crippen molar-refractivity contribution >= 4 is 17.6 Å². The lowest BCUT2D eigenvalue weighted by Crippen LogP contribution is -2.37. The van der Waals surface area contributed by atoms with E-state index in [1.807, 2.05) is 6.92 Å². The van der Waals surface area contributed by atoms with E-state index in [4.69, 9.17) is 9.47 Å². The predicted molar refractivity (Wildman–Crippen MR) is 106 cm³/mol. The Labute approximate surface area is 167 Å². The first-order valence-corrected chi connectivity index (χ1v) is 10.1. The molecule has 1 saturated heterocycles. The van der Waals surface area contributed by atoms with E-state index in [2.05, 4.69) is 10.4 Å². The lowest BCUT2D eigenvalue weighted by molar-refractivity contribution is 0.0611. The minimum absolute atomic E-state index is 0.0725. The van der Waals surface area contributed by atoms with Crippen molar-refractivity contribution in [1.82, 2.24) is 19.5 Å². The number of amides is 1. The van der Waals surface area contributed by atoms with Crippen LogP contribution in [0.5, 0.6) is 5.88 Å². The maximum atomic E-state index is 13.3. The van der Waals surface area contributed by atoms with E-state index < -0.39 is 17.3 Å². The first kappa shape index (κ1) is 19.5. The summed E-state index contributed by atoms with van der Waals surface area (Å²) in [5.74, 6) is -0.755. The molecule has 1 saturated carbocycles. The van der Waals surface area contributed by atoms with Crippen LogP contribution in [0.15, 0.2) is 17.3 Å². The van der Waals surface area contributed by atoms with Crippen LogP contribution in [0.25, 0.3) is 11.7 Å². The summed E-state index contributed by atoms with van der Waals surface area (Å²) in [4.78, 5) is 26.0. The van der Waals surface area contributed by atoms with Crippen LogP contribution < -0.4 is 10.9 Å². The van der Waals surface area contributed by atoms with E-state index in [0.717, 1.165) is 25.7 Å². The van der Waals surface area contributed by atoms with Gasteiger partial charge in [0.2, 0.25) is 5.88 Å². The molecule has 0 atom stereocenters. The third-order valence-corrected chi connectivity index (χ3v) is 5.34. The molecule has 2 N–H and O–H groups in total. The van der Waals surface area contributed by atoms with E-state index in [1.165, 1.54) is 10.8 Å². The van der Waals surface area contributed by atoms with Crippen molar-refractivity contribution in [2.24, 2.45) is 5.92 Å². The highest BCUT2D eigenvalue weighted by Crippen LogP contribution is 2.25. The third-order valence-electron chi connectivity index (χ3n) is 5.34. The lowest BCUT2D eigenvalue weighted by atomic mass is 10.00. The molecule has 156 valence electrons. The Bertz CT molecular complexity index is 983. The fourth-order valence-electron chi connectivity index (χ4n) is 3.59. The van der Waals surface area contributed by atoms with Crippen molar-refractivity contribution in [3.8, 4) is 5.88 Å². The average Bonchev–Trinajstić information content (AvgIpc) is 3.43. The van der Waals surface area contributed by atoms with E-state index in [0.29, 0.717) is 37.6 Å². The summed E-state index contributed by atoms with van der Waals surface area (Å²) in [6.07, 6.45) is 8.23. The molecule has 2 fully saturated rings. The average molecular weight is 402 g/mol. The zero-order valence-corrected chi connectivity index (χ0v) is 16.5. The van der Waals surface area contributed by atoms with Crippen molar-refractivity contribution < 1.29 is 19.4 Å². The van der Waals surface area contributed by atoms with Crippen molar-refractivity contribution in [1.29, 1.82) is 0 Å². The van der Waals surface area contributed by atoms with Crippen molar-refractivity contribution in [3.63, 3.8) is 0 Å². The number of aromatic nitrogens is 3. The molecular formula is C20H26N4O5. The van der Waals surface area contributed by atoms with Crippen molar-refractivity contribution in [2.75, 3.05) is 19.8 Å². The molecule has 1 aliphatic heterocycles. The van der Waals surface area contributed by atoms with Gasteiger partial charge in [-0.15, -0.1) is 0 Å². The number of carbonyl (C=O) groups excluding carboxylic acids is 1. The zero-order valence-electron chi connectivity index (χ0n) is 16.5. The number of hydrogen-bond donors (Lipinski definition) is 2. The molecule has 2 aliphatic rings. The maximum Gasteiger partial charge on any atom is 0.270 e. The normalized spacial score (nSPS) is 17.8. The van der Waals surface area contributed by atoms with Gasteiger partial charge in [0.25, 0.3) is 11.5 Å². The van der Waals surface area contributed by atoms with Crippen molar-refractivity contribution in [3.05, 3.63) is 33.9 Å². The Kier molecular flexibility index (Phi) is 5.57. The number of nitrogens with one attached hydrogen (secondary N) is 1. The van der Waals surface area contributed by atoms with Crippen LogP contribution in [0.2, 0.25) is 0 Å². The third kappa shape index (κ3) is 4.00. The van der Waals surface area contributed by atoms with Gasteiger partial charge in [0.05, 0.1) is 19.1 Å². The first-order valence-electron chi connectivity index (χ1n) is 10.1. The molecule has 0 bridgehead atoms. The lowest BCUT2D eigenvalue weighted by Gasteiger charge is -2.24. The fourth-order valence-corrected chi connectivity index (χ4v) is 3.59. The van der Waals surface area contributed by atoms with Gasteiger partial charge in [-0.05, 0) is 44.6 Å². The van der Waals surface area contributed by atoms with Crippen LogP contribution in [-0.2, 0) is 16.0 Å².